The van der Waals surface area contributed by atoms with Crippen molar-refractivity contribution in [1.82, 2.24) is 15.0 Å². The van der Waals surface area contributed by atoms with E-state index in [1.54, 1.807) is 43.0 Å². The molecule has 0 aliphatic heterocycles. The summed E-state index contributed by atoms with van der Waals surface area (Å²) < 4.78 is 0. The first-order valence-corrected chi connectivity index (χ1v) is 7.74. The molecule has 0 bridgehead atoms. The minimum atomic E-state index is -0.248. The van der Waals surface area contributed by atoms with Crippen molar-refractivity contribution in [3.63, 3.8) is 0 Å². The first kappa shape index (κ1) is 15.9. The number of hydrogen-bond donors (Lipinski definition) is 1. The number of aromatic nitrogens is 3. The van der Waals surface area contributed by atoms with Crippen LogP contribution in [0.25, 0.3) is 0 Å². The van der Waals surface area contributed by atoms with Gasteiger partial charge in [0.05, 0.1) is 5.69 Å². The van der Waals surface area contributed by atoms with E-state index in [0.29, 0.717) is 11.6 Å². The molecular formula is C17H14ClN5O. The minimum Gasteiger partial charge on any atom is -0.325 e. The van der Waals surface area contributed by atoms with Gasteiger partial charge in [-0.3, -0.25) is 14.7 Å². The van der Waals surface area contributed by atoms with Gasteiger partial charge >= 0.3 is 0 Å². The molecule has 0 unspecified atom stereocenters. The van der Waals surface area contributed by atoms with Crippen molar-refractivity contribution < 1.29 is 4.79 Å². The lowest BCUT2D eigenvalue weighted by Gasteiger charge is -2.22. The number of alkyl halides is 1. The summed E-state index contributed by atoms with van der Waals surface area (Å²) in [6, 6.07) is 12.9. The van der Waals surface area contributed by atoms with Crippen molar-refractivity contribution in [3.05, 3.63) is 67.3 Å². The van der Waals surface area contributed by atoms with Gasteiger partial charge in [-0.1, -0.05) is 0 Å². The average Bonchev–Trinajstić information content (AvgIpc) is 2.65. The number of pyridine rings is 1. The molecule has 120 valence electrons. The minimum absolute atomic E-state index is 0.0806. The number of amides is 1. The number of carbonyl (C=O) groups excluding carboxylic acids is 1. The molecule has 2 heterocycles. The fraction of sp³-hybridized carbons (Fsp3) is 0.0588. The Labute approximate surface area is 144 Å². The highest BCUT2D eigenvalue weighted by atomic mass is 35.5. The van der Waals surface area contributed by atoms with Gasteiger partial charge in [-0.2, -0.15) is 0 Å². The van der Waals surface area contributed by atoms with E-state index in [9.17, 15) is 4.79 Å². The maximum atomic E-state index is 11.4. The summed E-state index contributed by atoms with van der Waals surface area (Å²) in [5.41, 5.74) is 2.41. The Balaban J connectivity index is 1.96. The van der Waals surface area contributed by atoms with Crippen LogP contribution < -0.4 is 10.2 Å². The van der Waals surface area contributed by atoms with Gasteiger partial charge in [-0.25, -0.2) is 9.97 Å². The molecule has 3 aromatic rings. The van der Waals surface area contributed by atoms with E-state index >= 15 is 0 Å². The van der Waals surface area contributed by atoms with Crippen LogP contribution in [0.5, 0.6) is 0 Å². The molecule has 0 fully saturated rings. The van der Waals surface area contributed by atoms with Crippen molar-refractivity contribution in [1.29, 1.82) is 0 Å². The third-order valence-corrected chi connectivity index (χ3v) is 3.45. The molecule has 0 saturated heterocycles. The van der Waals surface area contributed by atoms with Crippen LogP contribution in [0.2, 0.25) is 0 Å². The van der Waals surface area contributed by atoms with Gasteiger partial charge in [0.2, 0.25) is 11.9 Å². The van der Waals surface area contributed by atoms with E-state index in [4.69, 9.17) is 11.6 Å². The normalized spacial score (nSPS) is 10.2. The summed E-state index contributed by atoms with van der Waals surface area (Å²) in [4.78, 5) is 26.0. The van der Waals surface area contributed by atoms with E-state index in [1.807, 2.05) is 29.2 Å². The lowest BCUT2D eigenvalue weighted by atomic mass is 10.2. The Morgan fingerprint density at radius 2 is 1.58 bits per heavy atom. The number of rotatable bonds is 5. The first-order valence-electron chi connectivity index (χ1n) is 7.21. The van der Waals surface area contributed by atoms with Crippen LogP contribution >= 0.6 is 11.6 Å². The SMILES string of the molecule is O=C(CCl)Nc1ccc(N(c2ccncc2)c2ncccn2)cc1. The van der Waals surface area contributed by atoms with E-state index in [1.165, 1.54) is 0 Å². The highest BCUT2D eigenvalue weighted by Crippen LogP contribution is 2.31. The quantitative estimate of drug-likeness (QED) is 0.720. The molecule has 0 spiro atoms. The zero-order valence-corrected chi connectivity index (χ0v) is 13.4. The smallest absolute Gasteiger partial charge is 0.239 e. The molecule has 24 heavy (non-hydrogen) atoms. The number of anilines is 4. The number of nitrogens with zero attached hydrogens (tertiary/aromatic N) is 4. The number of benzene rings is 1. The highest BCUT2D eigenvalue weighted by molar-refractivity contribution is 6.29. The second-order valence-electron chi connectivity index (χ2n) is 4.82. The Bertz CT molecular complexity index is 757. The fourth-order valence-corrected chi connectivity index (χ4v) is 2.23. The lowest BCUT2D eigenvalue weighted by Crippen LogP contribution is -2.14. The van der Waals surface area contributed by atoms with Gasteiger partial charge in [-0.15, -0.1) is 11.6 Å². The van der Waals surface area contributed by atoms with Crippen LogP contribution in [0.3, 0.4) is 0 Å². The molecule has 1 N–H and O–H groups in total. The Morgan fingerprint density at radius 3 is 2.21 bits per heavy atom. The molecular weight excluding hydrogens is 326 g/mol. The lowest BCUT2D eigenvalue weighted by molar-refractivity contribution is -0.113. The third kappa shape index (κ3) is 3.67. The van der Waals surface area contributed by atoms with Crippen LogP contribution in [0.1, 0.15) is 0 Å². The summed E-state index contributed by atoms with van der Waals surface area (Å²) in [7, 11) is 0. The van der Waals surface area contributed by atoms with E-state index in [0.717, 1.165) is 11.4 Å². The first-order chi connectivity index (χ1) is 11.8. The summed E-state index contributed by atoms with van der Waals surface area (Å²) in [6.07, 6.45) is 6.79. The molecule has 0 radical (unpaired) electrons. The molecule has 1 amide bonds. The van der Waals surface area contributed by atoms with E-state index in [-0.39, 0.29) is 11.8 Å². The van der Waals surface area contributed by atoms with Crippen molar-refractivity contribution >= 4 is 40.5 Å². The van der Waals surface area contributed by atoms with Crippen LogP contribution in [-0.2, 0) is 4.79 Å². The standard InChI is InChI=1S/C17H14ClN5O/c18-12-16(24)22-13-2-4-14(5-3-13)23(15-6-10-19-11-7-15)17-20-8-1-9-21-17/h1-11H,12H2,(H,22,24). The van der Waals surface area contributed by atoms with Crippen molar-refractivity contribution in [2.45, 2.75) is 0 Å². The van der Waals surface area contributed by atoms with Gasteiger partial charge in [0.15, 0.2) is 0 Å². The molecule has 0 saturated carbocycles. The average molecular weight is 340 g/mol. The second-order valence-corrected chi connectivity index (χ2v) is 5.09. The number of hydrogen-bond acceptors (Lipinski definition) is 5. The van der Waals surface area contributed by atoms with Crippen molar-refractivity contribution in [2.75, 3.05) is 16.1 Å². The van der Waals surface area contributed by atoms with Crippen molar-refractivity contribution in [2.24, 2.45) is 0 Å². The Morgan fingerprint density at radius 1 is 0.958 bits per heavy atom. The predicted octanol–water partition coefficient (Wildman–Crippen LogP) is 3.52. The zero-order valence-electron chi connectivity index (χ0n) is 12.6. The second kappa shape index (κ2) is 7.52. The van der Waals surface area contributed by atoms with Gasteiger partial charge in [0.1, 0.15) is 5.88 Å². The summed E-state index contributed by atoms with van der Waals surface area (Å²) >= 11 is 5.50. The van der Waals surface area contributed by atoms with Crippen LogP contribution in [0.4, 0.5) is 23.0 Å². The summed E-state index contributed by atoms with van der Waals surface area (Å²) in [5, 5.41) is 2.71. The largest absolute Gasteiger partial charge is 0.325 e. The van der Waals surface area contributed by atoms with Gasteiger partial charge < -0.3 is 5.32 Å². The van der Waals surface area contributed by atoms with Crippen LogP contribution in [0, 0.1) is 0 Å². The molecule has 0 aliphatic rings. The topological polar surface area (TPSA) is 71.0 Å². The fourth-order valence-electron chi connectivity index (χ4n) is 2.17. The van der Waals surface area contributed by atoms with E-state index < -0.39 is 0 Å². The molecule has 2 aromatic heterocycles. The van der Waals surface area contributed by atoms with E-state index in [2.05, 4.69) is 20.3 Å². The molecule has 1 aromatic carbocycles. The number of halogens is 1. The molecule has 3 rings (SSSR count). The van der Waals surface area contributed by atoms with Crippen LogP contribution in [-0.4, -0.2) is 26.7 Å². The number of nitrogens with one attached hydrogen (secondary N) is 1. The zero-order chi connectivity index (χ0) is 16.8. The third-order valence-electron chi connectivity index (χ3n) is 3.20. The van der Waals surface area contributed by atoms with Crippen molar-refractivity contribution in [3.8, 4) is 0 Å². The Hall–Kier alpha value is -2.99. The van der Waals surface area contributed by atoms with Gasteiger partial charge in [0.25, 0.3) is 0 Å². The number of carbonyl (C=O) groups is 1. The monoisotopic (exact) mass is 339 g/mol. The predicted molar refractivity (Wildman–Crippen MR) is 93.9 cm³/mol. The highest BCUT2D eigenvalue weighted by Gasteiger charge is 2.14. The molecule has 7 heteroatoms. The molecule has 6 nitrogen and oxygen atoms in total. The molecule has 0 atom stereocenters. The maximum absolute atomic E-state index is 11.4. The summed E-state index contributed by atoms with van der Waals surface area (Å²) in [5.74, 6) is 0.214. The van der Waals surface area contributed by atoms with Gasteiger partial charge in [0, 0.05) is 36.2 Å². The van der Waals surface area contributed by atoms with Crippen LogP contribution in [0.15, 0.2) is 67.3 Å². The Kier molecular flexibility index (Phi) is 4.98. The molecule has 0 aliphatic carbocycles. The van der Waals surface area contributed by atoms with Gasteiger partial charge in [-0.05, 0) is 42.5 Å². The maximum Gasteiger partial charge on any atom is 0.239 e. The summed E-state index contributed by atoms with van der Waals surface area (Å²) in [6.45, 7) is 0.